The van der Waals surface area contributed by atoms with Crippen molar-refractivity contribution in [2.24, 2.45) is 0 Å². The third-order valence-corrected chi connectivity index (χ3v) is 1.39. The lowest BCUT2D eigenvalue weighted by Crippen LogP contribution is -3.00. The molecule has 0 heterocycles. The Hall–Kier alpha value is -1.40. The van der Waals surface area contributed by atoms with E-state index < -0.39 is 5.91 Å². The maximum absolute atomic E-state index is 10.7. The van der Waals surface area contributed by atoms with E-state index in [1.807, 2.05) is 6.92 Å². The Labute approximate surface area is 76.4 Å². The van der Waals surface area contributed by atoms with Gasteiger partial charge in [-0.2, -0.15) is 4.79 Å². The van der Waals surface area contributed by atoms with Crippen molar-refractivity contribution in [3.8, 4) is 0 Å². The second kappa shape index (κ2) is 4.47. The summed E-state index contributed by atoms with van der Waals surface area (Å²) in [6, 6.07) is 6.82. The summed E-state index contributed by atoms with van der Waals surface area (Å²) in [6.07, 6.45) is 0. The van der Waals surface area contributed by atoms with Crippen molar-refractivity contribution in [3.63, 3.8) is 0 Å². The van der Waals surface area contributed by atoms with Crippen LogP contribution in [0.2, 0.25) is 0 Å². The van der Waals surface area contributed by atoms with Gasteiger partial charge in [-0.25, -0.2) is 0 Å². The highest BCUT2D eigenvalue weighted by Gasteiger charge is 2.16. The van der Waals surface area contributed by atoms with Crippen LogP contribution in [0.3, 0.4) is 0 Å². The summed E-state index contributed by atoms with van der Waals surface area (Å²) in [5, 5.41) is 8.13. The molecule has 0 aliphatic heterocycles. The normalized spacial score (nSPS) is 8.00. The minimum atomic E-state index is -0.606. The van der Waals surface area contributed by atoms with E-state index in [4.69, 9.17) is 5.39 Å². The number of diazo groups is 1. The molecule has 0 saturated carbocycles. The Morgan fingerprint density at radius 3 is 2.25 bits per heavy atom. The van der Waals surface area contributed by atoms with Crippen LogP contribution >= 0.6 is 0 Å². The Kier molecular flexibility index (Phi) is 3.95. The number of carbonyl (C=O) groups excluding carboxylic acids is 1. The highest BCUT2D eigenvalue weighted by atomic mass is 35.5. The number of aryl methyl sites for hydroxylation is 1. The fraction of sp³-hybridized carbons (Fsp3) is 0.125. The molecule has 1 rings (SSSR count). The summed E-state index contributed by atoms with van der Waals surface area (Å²) in [4.78, 5) is 13.3. The smallest absolute Gasteiger partial charge is 0.593 e. The van der Waals surface area contributed by atoms with E-state index in [1.165, 1.54) is 0 Å². The molecule has 3 nitrogen and oxygen atoms in total. The minimum Gasteiger partial charge on any atom is -1.00 e. The predicted octanol–water partition coefficient (Wildman–Crippen LogP) is -1.01. The summed E-state index contributed by atoms with van der Waals surface area (Å²) in [7, 11) is 0. The maximum atomic E-state index is 10.7. The number of hydrogen-bond donors (Lipinski definition) is 0. The van der Waals surface area contributed by atoms with Gasteiger partial charge >= 0.3 is 5.91 Å². The number of carbonyl (C=O) groups is 1. The van der Waals surface area contributed by atoms with E-state index >= 15 is 0 Å². The van der Waals surface area contributed by atoms with Crippen LogP contribution in [0.5, 0.6) is 0 Å². The van der Waals surface area contributed by atoms with Crippen LogP contribution in [-0.4, -0.2) is 5.91 Å². The van der Waals surface area contributed by atoms with E-state index in [0.29, 0.717) is 5.56 Å². The second-order valence-electron chi connectivity index (χ2n) is 2.27. The van der Waals surface area contributed by atoms with Gasteiger partial charge in [0.15, 0.2) is 0 Å². The summed E-state index contributed by atoms with van der Waals surface area (Å²) < 4.78 is 0. The van der Waals surface area contributed by atoms with Gasteiger partial charge in [-0.05, 0) is 19.1 Å². The van der Waals surface area contributed by atoms with Crippen LogP contribution in [0, 0.1) is 12.3 Å². The topological polar surface area (TPSA) is 45.2 Å². The number of benzene rings is 1. The van der Waals surface area contributed by atoms with E-state index in [9.17, 15) is 4.79 Å². The average Bonchev–Trinajstić information content (AvgIpc) is 2.05. The SMILES string of the molecule is Cc1ccc(C(=O)[N+]#N)cc1.[Cl-]. The van der Waals surface area contributed by atoms with Gasteiger partial charge in [-0.15, -0.1) is 0 Å². The molecule has 4 heteroatoms. The van der Waals surface area contributed by atoms with Crippen molar-refractivity contribution in [1.29, 1.82) is 5.39 Å². The van der Waals surface area contributed by atoms with Crippen molar-refractivity contribution >= 4 is 5.91 Å². The van der Waals surface area contributed by atoms with E-state index in [-0.39, 0.29) is 12.4 Å². The molecule has 0 aromatic heterocycles. The fourth-order valence-electron chi connectivity index (χ4n) is 0.754. The molecule has 12 heavy (non-hydrogen) atoms. The van der Waals surface area contributed by atoms with Gasteiger partial charge in [0.1, 0.15) is 5.56 Å². The molecule has 0 atom stereocenters. The highest BCUT2D eigenvalue weighted by molar-refractivity contribution is 6.01. The Morgan fingerprint density at radius 1 is 1.33 bits per heavy atom. The number of halogens is 1. The van der Waals surface area contributed by atoms with E-state index in [2.05, 4.69) is 4.98 Å². The standard InChI is InChI=1S/C8H7N2O.ClH/c1-6-2-4-7(5-3-6)8(11)10-9;/h2-5H,1H3;1H/q+1;/p-1. The van der Waals surface area contributed by atoms with Crippen LogP contribution in [-0.2, 0) is 0 Å². The molecule has 0 aliphatic rings. The first kappa shape index (κ1) is 10.6. The lowest BCUT2D eigenvalue weighted by Gasteiger charge is -1.87. The van der Waals surface area contributed by atoms with Crippen molar-refractivity contribution in [2.45, 2.75) is 6.92 Å². The monoisotopic (exact) mass is 182 g/mol. The van der Waals surface area contributed by atoms with Gasteiger partial charge in [0.05, 0.1) is 0 Å². The third kappa shape index (κ3) is 2.33. The zero-order chi connectivity index (χ0) is 8.27. The van der Waals surface area contributed by atoms with E-state index in [1.54, 1.807) is 24.3 Å². The minimum absolute atomic E-state index is 0. The van der Waals surface area contributed by atoms with Gasteiger partial charge < -0.3 is 12.4 Å². The Bertz CT molecular complexity index is 313. The predicted molar refractivity (Wildman–Crippen MR) is 40.6 cm³/mol. The van der Waals surface area contributed by atoms with Crippen LogP contribution in [0.4, 0.5) is 0 Å². The van der Waals surface area contributed by atoms with Gasteiger partial charge in [0, 0.05) is 0 Å². The summed E-state index contributed by atoms with van der Waals surface area (Å²) in [5.41, 5.74) is 1.47. The number of amides is 1. The molecule has 0 unspecified atom stereocenters. The summed E-state index contributed by atoms with van der Waals surface area (Å²) >= 11 is 0. The molecule has 62 valence electrons. The molecular weight excluding hydrogens is 176 g/mol. The molecule has 0 N–H and O–H groups in total. The van der Waals surface area contributed by atoms with Crippen LogP contribution in [0.15, 0.2) is 24.3 Å². The molecule has 1 aromatic rings. The quantitative estimate of drug-likeness (QED) is 0.523. The molecule has 1 amide bonds. The summed E-state index contributed by atoms with van der Waals surface area (Å²) in [6.45, 7) is 1.92. The first-order valence-corrected chi connectivity index (χ1v) is 3.20. The molecule has 0 fully saturated rings. The Morgan fingerprint density at radius 2 is 1.83 bits per heavy atom. The van der Waals surface area contributed by atoms with Crippen molar-refractivity contribution in [3.05, 3.63) is 40.4 Å². The molecule has 1 aromatic carbocycles. The van der Waals surface area contributed by atoms with Gasteiger partial charge in [-0.3, -0.25) is 0 Å². The number of nitrogens with zero attached hydrogens (tertiary/aromatic N) is 2. The first-order chi connectivity index (χ1) is 5.24. The van der Waals surface area contributed by atoms with Crippen LogP contribution < -0.4 is 12.4 Å². The van der Waals surface area contributed by atoms with E-state index in [0.717, 1.165) is 5.56 Å². The van der Waals surface area contributed by atoms with Crippen molar-refractivity contribution in [2.75, 3.05) is 0 Å². The van der Waals surface area contributed by atoms with Gasteiger partial charge in [0.25, 0.3) is 0 Å². The van der Waals surface area contributed by atoms with Crippen LogP contribution in [0.1, 0.15) is 15.9 Å². The molecule has 0 radical (unpaired) electrons. The lowest BCUT2D eigenvalue weighted by atomic mass is 10.1. The Balaban J connectivity index is 0.00000121. The van der Waals surface area contributed by atoms with Gasteiger partial charge in [-0.1, -0.05) is 17.7 Å². The first-order valence-electron chi connectivity index (χ1n) is 3.20. The highest BCUT2D eigenvalue weighted by Crippen LogP contribution is 2.03. The summed E-state index contributed by atoms with van der Waals surface area (Å²) in [5.74, 6) is -0.606. The number of hydrogen-bond acceptors (Lipinski definition) is 2. The largest absolute Gasteiger partial charge is 1.00 e. The third-order valence-electron chi connectivity index (χ3n) is 1.39. The van der Waals surface area contributed by atoms with Gasteiger partial charge in [0.2, 0.25) is 10.4 Å². The zero-order valence-electron chi connectivity index (χ0n) is 6.49. The average molecular weight is 183 g/mol. The maximum Gasteiger partial charge on any atom is 0.593 e. The van der Waals surface area contributed by atoms with Crippen LogP contribution in [0.25, 0.3) is 4.98 Å². The zero-order valence-corrected chi connectivity index (χ0v) is 7.25. The van der Waals surface area contributed by atoms with Crippen molar-refractivity contribution < 1.29 is 17.2 Å². The molecule has 0 saturated heterocycles. The molecule has 0 aliphatic carbocycles. The van der Waals surface area contributed by atoms with Crippen molar-refractivity contribution in [1.82, 2.24) is 0 Å². The molecular formula is C8H7ClN2O. The molecule has 0 spiro atoms. The second-order valence-corrected chi connectivity index (χ2v) is 2.27. The molecule has 0 bridgehead atoms. The lowest BCUT2D eigenvalue weighted by molar-refractivity contribution is -0.00000988. The number of rotatable bonds is 1. The fourth-order valence-corrected chi connectivity index (χ4v) is 0.754.